The summed E-state index contributed by atoms with van der Waals surface area (Å²) in [7, 11) is 0. The molecule has 0 aromatic heterocycles. The van der Waals surface area contributed by atoms with Gasteiger partial charge in [-0.2, -0.15) is 0 Å². The van der Waals surface area contributed by atoms with Crippen molar-refractivity contribution < 1.29 is 5.11 Å². The van der Waals surface area contributed by atoms with Crippen LogP contribution in [0.25, 0.3) is 0 Å². The van der Waals surface area contributed by atoms with Gasteiger partial charge in [0.1, 0.15) is 5.76 Å². The molecule has 0 radical (unpaired) electrons. The molecule has 0 aromatic rings. The number of aliphatic hydroxyl groups is 1. The molecule has 0 atom stereocenters. The van der Waals surface area contributed by atoms with E-state index in [2.05, 4.69) is 15.9 Å². The molecule has 3 heteroatoms. The van der Waals surface area contributed by atoms with Crippen molar-refractivity contribution in [3.63, 3.8) is 0 Å². The summed E-state index contributed by atoms with van der Waals surface area (Å²) in [6, 6.07) is 0. The van der Waals surface area contributed by atoms with Gasteiger partial charge in [0.15, 0.2) is 0 Å². The van der Waals surface area contributed by atoms with Crippen molar-refractivity contribution in [2.24, 2.45) is 0 Å². The van der Waals surface area contributed by atoms with Gasteiger partial charge in [0.25, 0.3) is 0 Å². The van der Waals surface area contributed by atoms with Crippen LogP contribution in [0.5, 0.6) is 0 Å². The average Bonchev–Trinajstić information content (AvgIpc) is 1.85. The highest BCUT2D eigenvalue weighted by atomic mass is 79.9. The van der Waals surface area contributed by atoms with Crippen LogP contribution in [0.3, 0.4) is 0 Å². The molecule has 0 aromatic carbocycles. The molecule has 11 heavy (non-hydrogen) atoms. The first-order valence-electron chi connectivity index (χ1n) is 3.18. The third kappa shape index (κ3) is 1.60. The summed E-state index contributed by atoms with van der Waals surface area (Å²) in [6.07, 6.45) is 4.94. The summed E-state index contributed by atoms with van der Waals surface area (Å²) in [5, 5.41) is 16.7. The lowest BCUT2D eigenvalue weighted by Crippen LogP contribution is -2.04. The van der Waals surface area contributed by atoms with Crippen molar-refractivity contribution in [3.05, 3.63) is 34.0 Å². The first-order chi connectivity index (χ1) is 5.15. The lowest BCUT2D eigenvalue weighted by atomic mass is 10.0. The second kappa shape index (κ2) is 3.05. The number of hydrogen-bond donors (Lipinski definition) is 2. The van der Waals surface area contributed by atoms with Crippen LogP contribution in [0.4, 0.5) is 0 Å². The van der Waals surface area contributed by atoms with Crippen molar-refractivity contribution in [2.45, 2.75) is 6.92 Å². The maximum atomic E-state index is 9.29. The van der Waals surface area contributed by atoms with Gasteiger partial charge >= 0.3 is 0 Å². The highest BCUT2D eigenvalue weighted by Crippen LogP contribution is 2.21. The number of rotatable bonds is 0. The number of aliphatic hydroxyl groups excluding tert-OH is 1. The highest BCUT2D eigenvalue weighted by Gasteiger charge is 2.11. The topological polar surface area (TPSA) is 44.1 Å². The summed E-state index contributed by atoms with van der Waals surface area (Å²) < 4.78 is 0.727. The van der Waals surface area contributed by atoms with Crippen LogP contribution in [-0.2, 0) is 0 Å². The molecule has 0 saturated carbocycles. The average molecular weight is 214 g/mol. The molecule has 0 heterocycles. The molecule has 2 nitrogen and oxygen atoms in total. The van der Waals surface area contributed by atoms with Crippen molar-refractivity contribution in [1.82, 2.24) is 0 Å². The largest absolute Gasteiger partial charge is 0.507 e. The van der Waals surface area contributed by atoms with Gasteiger partial charge in [-0.15, -0.1) is 0 Å². The van der Waals surface area contributed by atoms with Crippen LogP contribution in [0.1, 0.15) is 6.92 Å². The van der Waals surface area contributed by atoms with Crippen LogP contribution >= 0.6 is 15.9 Å². The Morgan fingerprint density at radius 3 is 2.64 bits per heavy atom. The lowest BCUT2D eigenvalue weighted by molar-refractivity contribution is 0.427. The Labute approximate surface area is 73.6 Å². The standard InChI is InChI=1S/C8H8BrNO/c1-2-6-7(10)3-5(9)4-8(6)11/h2-4,10-11H,1H3/b6-2-,10-7?. The molecule has 0 fully saturated rings. The Kier molecular flexibility index (Phi) is 2.29. The zero-order chi connectivity index (χ0) is 8.43. The minimum atomic E-state index is 0.145. The molecule has 0 saturated heterocycles. The quantitative estimate of drug-likeness (QED) is 0.639. The molecule has 1 rings (SSSR count). The van der Waals surface area contributed by atoms with Crippen LogP contribution < -0.4 is 0 Å². The zero-order valence-electron chi connectivity index (χ0n) is 6.06. The van der Waals surface area contributed by atoms with Gasteiger partial charge in [0.05, 0.1) is 5.71 Å². The predicted molar refractivity (Wildman–Crippen MR) is 49.2 cm³/mol. The Bertz CT molecular complexity index is 286. The molecular formula is C8H8BrNO. The van der Waals surface area contributed by atoms with E-state index < -0.39 is 0 Å². The van der Waals surface area contributed by atoms with Gasteiger partial charge in [-0.05, 0) is 19.1 Å². The summed E-state index contributed by atoms with van der Waals surface area (Å²) in [5.41, 5.74) is 0.910. The zero-order valence-corrected chi connectivity index (χ0v) is 7.64. The number of hydrogen-bond acceptors (Lipinski definition) is 2. The van der Waals surface area contributed by atoms with Gasteiger partial charge in [-0.3, -0.25) is 0 Å². The molecule has 58 valence electrons. The normalized spacial score (nSPS) is 21.6. The fraction of sp³-hybridized carbons (Fsp3) is 0.125. The van der Waals surface area contributed by atoms with Crippen molar-refractivity contribution in [2.75, 3.05) is 0 Å². The van der Waals surface area contributed by atoms with E-state index in [-0.39, 0.29) is 5.76 Å². The van der Waals surface area contributed by atoms with Crippen LogP contribution in [0.15, 0.2) is 34.0 Å². The molecule has 1 aliphatic rings. The Morgan fingerprint density at radius 2 is 2.18 bits per heavy atom. The van der Waals surface area contributed by atoms with E-state index in [0.717, 1.165) is 4.48 Å². The molecule has 0 unspecified atom stereocenters. The molecule has 1 aliphatic carbocycles. The predicted octanol–water partition coefficient (Wildman–Crippen LogP) is 2.69. The summed E-state index contributed by atoms with van der Waals surface area (Å²) >= 11 is 3.18. The number of allylic oxidation sites excluding steroid dienone is 5. The monoisotopic (exact) mass is 213 g/mol. The van der Waals surface area contributed by atoms with Gasteiger partial charge in [0, 0.05) is 10.1 Å². The van der Waals surface area contributed by atoms with Crippen LogP contribution in [-0.4, -0.2) is 10.8 Å². The van der Waals surface area contributed by atoms with Crippen molar-refractivity contribution in [3.8, 4) is 0 Å². The van der Waals surface area contributed by atoms with E-state index in [0.29, 0.717) is 11.3 Å². The van der Waals surface area contributed by atoms with Crippen molar-refractivity contribution in [1.29, 1.82) is 5.41 Å². The van der Waals surface area contributed by atoms with Gasteiger partial charge in [0.2, 0.25) is 0 Å². The van der Waals surface area contributed by atoms with Crippen LogP contribution in [0.2, 0.25) is 0 Å². The third-order valence-corrected chi connectivity index (χ3v) is 1.87. The first kappa shape index (κ1) is 8.27. The molecule has 0 amide bonds. The highest BCUT2D eigenvalue weighted by molar-refractivity contribution is 9.11. The first-order valence-corrected chi connectivity index (χ1v) is 3.98. The smallest absolute Gasteiger partial charge is 0.125 e. The van der Waals surface area contributed by atoms with E-state index in [4.69, 9.17) is 5.41 Å². The Hall–Kier alpha value is -0.830. The second-order valence-electron chi connectivity index (χ2n) is 2.17. The van der Waals surface area contributed by atoms with Gasteiger partial charge in [-0.1, -0.05) is 22.0 Å². The number of nitrogens with one attached hydrogen (secondary N) is 1. The molecule has 0 bridgehead atoms. The molecular weight excluding hydrogens is 206 g/mol. The maximum Gasteiger partial charge on any atom is 0.125 e. The molecule has 0 spiro atoms. The van der Waals surface area contributed by atoms with Crippen molar-refractivity contribution >= 4 is 21.6 Å². The van der Waals surface area contributed by atoms with E-state index in [1.54, 1.807) is 25.2 Å². The minimum absolute atomic E-state index is 0.145. The lowest BCUT2D eigenvalue weighted by Gasteiger charge is -2.09. The SMILES string of the molecule is C/C=C1/C(=N)C=C(Br)C=C1O. The van der Waals surface area contributed by atoms with E-state index in [1.165, 1.54) is 0 Å². The summed E-state index contributed by atoms with van der Waals surface area (Å²) in [6.45, 7) is 1.79. The minimum Gasteiger partial charge on any atom is -0.507 e. The van der Waals surface area contributed by atoms with Crippen LogP contribution in [0, 0.1) is 5.41 Å². The van der Waals surface area contributed by atoms with Gasteiger partial charge < -0.3 is 10.5 Å². The Morgan fingerprint density at radius 1 is 1.55 bits per heavy atom. The Balaban J connectivity index is 3.11. The van der Waals surface area contributed by atoms with E-state index in [9.17, 15) is 5.11 Å². The second-order valence-corrected chi connectivity index (χ2v) is 3.09. The van der Waals surface area contributed by atoms with E-state index >= 15 is 0 Å². The van der Waals surface area contributed by atoms with E-state index in [1.807, 2.05) is 0 Å². The summed E-state index contributed by atoms with van der Waals surface area (Å²) in [5.74, 6) is 0.145. The van der Waals surface area contributed by atoms with Gasteiger partial charge in [-0.25, -0.2) is 0 Å². The fourth-order valence-corrected chi connectivity index (χ4v) is 1.35. The summed E-state index contributed by atoms with van der Waals surface area (Å²) in [4.78, 5) is 0. The molecule has 0 aliphatic heterocycles. The number of halogens is 1. The molecule has 2 N–H and O–H groups in total. The third-order valence-electron chi connectivity index (χ3n) is 1.41. The maximum absolute atomic E-state index is 9.29. The fourth-order valence-electron chi connectivity index (χ4n) is 0.907.